The van der Waals surface area contributed by atoms with E-state index in [1.165, 1.54) is 103 Å². The molecule has 0 radical (unpaired) electrons. The monoisotopic (exact) mass is 486 g/mol. The van der Waals surface area contributed by atoms with Gasteiger partial charge >= 0.3 is 0 Å². The van der Waals surface area contributed by atoms with Gasteiger partial charge in [-0.15, -0.1) is 0 Å². The van der Waals surface area contributed by atoms with Crippen LogP contribution in [-0.2, 0) is 14.2 Å². The first kappa shape index (κ1) is 31.8. The Morgan fingerprint density at radius 1 is 0.471 bits per heavy atom. The van der Waals surface area contributed by atoms with E-state index < -0.39 is 0 Å². The van der Waals surface area contributed by atoms with E-state index in [2.05, 4.69) is 0 Å². The fourth-order valence-corrected chi connectivity index (χ4v) is 4.69. The number of hydrogen-bond acceptors (Lipinski definition) is 5. The van der Waals surface area contributed by atoms with Crippen molar-refractivity contribution < 1.29 is 24.4 Å². The van der Waals surface area contributed by atoms with E-state index in [4.69, 9.17) is 24.4 Å². The molecule has 5 heteroatoms. The van der Waals surface area contributed by atoms with Crippen molar-refractivity contribution in [3.05, 3.63) is 0 Å². The lowest BCUT2D eigenvalue weighted by molar-refractivity contribution is -0.194. The number of aliphatic hydroxyl groups is 2. The number of unbranched alkanes of at least 4 members (excludes halogenated alkanes) is 18. The molecular weight excluding hydrogens is 428 g/mol. The first-order chi connectivity index (χ1) is 16.9. The van der Waals surface area contributed by atoms with Gasteiger partial charge in [0.25, 0.3) is 0 Å². The molecule has 1 heterocycles. The van der Waals surface area contributed by atoms with Gasteiger partial charge in [-0.25, -0.2) is 0 Å². The van der Waals surface area contributed by atoms with Gasteiger partial charge in [0.1, 0.15) is 0 Å². The van der Waals surface area contributed by atoms with Crippen LogP contribution in [0.1, 0.15) is 141 Å². The number of aliphatic hydroxyl groups excluding tert-OH is 2. The quantitative estimate of drug-likeness (QED) is 0.125. The zero-order chi connectivity index (χ0) is 24.4. The first-order valence-electron chi connectivity index (χ1n) is 14.9. The molecule has 0 amide bonds. The summed E-state index contributed by atoms with van der Waals surface area (Å²) in [6, 6.07) is 0. The van der Waals surface area contributed by atoms with Gasteiger partial charge in [0.05, 0.1) is 12.7 Å². The molecule has 0 aromatic heterocycles. The van der Waals surface area contributed by atoms with Crippen molar-refractivity contribution in [1.82, 2.24) is 0 Å². The maximum Gasteiger partial charge on any atom is 0.157 e. The highest BCUT2D eigenvalue weighted by atomic mass is 16.7. The molecule has 5 nitrogen and oxygen atoms in total. The third-order valence-electron chi connectivity index (χ3n) is 6.95. The highest BCUT2D eigenvalue weighted by Crippen LogP contribution is 2.19. The minimum Gasteiger partial charge on any atom is -0.396 e. The molecule has 1 aliphatic heterocycles. The zero-order valence-corrected chi connectivity index (χ0v) is 22.4. The molecule has 0 aromatic carbocycles. The maximum absolute atomic E-state index is 8.77. The minimum atomic E-state index is -0.0255. The SMILES string of the molecule is OCCCCCCCCCCCCOC1CCC(OCCCCCCCCCCCCO)OC1. The van der Waals surface area contributed by atoms with Crippen molar-refractivity contribution in [3.63, 3.8) is 0 Å². The van der Waals surface area contributed by atoms with Crippen LogP contribution in [0.15, 0.2) is 0 Å². The largest absolute Gasteiger partial charge is 0.396 e. The summed E-state index contributed by atoms with van der Waals surface area (Å²) >= 11 is 0. The predicted molar refractivity (Wildman–Crippen MR) is 141 cm³/mol. The Labute approximate surface area is 211 Å². The van der Waals surface area contributed by atoms with Crippen molar-refractivity contribution >= 4 is 0 Å². The Morgan fingerprint density at radius 3 is 1.24 bits per heavy atom. The third-order valence-corrected chi connectivity index (χ3v) is 6.95. The number of ether oxygens (including phenoxy) is 3. The Kier molecular flexibility index (Phi) is 24.2. The Balaban J connectivity index is 1.77. The van der Waals surface area contributed by atoms with Crippen LogP contribution in [0.2, 0.25) is 0 Å². The molecule has 34 heavy (non-hydrogen) atoms. The average Bonchev–Trinajstić information content (AvgIpc) is 2.86. The lowest BCUT2D eigenvalue weighted by Gasteiger charge is -2.29. The van der Waals surface area contributed by atoms with Crippen molar-refractivity contribution in [1.29, 1.82) is 0 Å². The van der Waals surface area contributed by atoms with Crippen molar-refractivity contribution in [2.75, 3.05) is 33.0 Å². The molecule has 2 N–H and O–H groups in total. The van der Waals surface area contributed by atoms with Crippen molar-refractivity contribution in [2.24, 2.45) is 0 Å². The highest BCUT2D eigenvalue weighted by Gasteiger charge is 2.22. The Morgan fingerprint density at radius 2 is 0.853 bits per heavy atom. The number of rotatable bonds is 26. The second-order valence-corrected chi connectivity index (χ2v) is 10.2. The second kappa shape index (κ2) is 25.9. The van der Waals surface area contributed by atoms with Gasteiger partial charge in [0, 0.05) is 32.8 Å². The summed E-state index contributed by atoms with van der Waals surface area (Å²) in [5, 5.41) is 17.5. The summed E-state index contributed by atoms with van der Waals surface area (Å²) in [5.41, 5.74) is 0. The molecule has 0 saturated carbocycles. The molecule has 0 spiro atoms. The molecule has 204 valence electrons. The van der Waals surface area contributed by atoms with E-state index in [0.29, 0.717) is 19.8 Å². The van der Waals surface area contributed by atoms with Crippen LogP contribution in [-0.4, -0.2) is 55.6 Å². The summed E-state index contributed by atoms with van der Waals surface area (Å²) in [6.07, 6.45) is 27.3. The summed E-state index contributed by atoms with van der Waals surface area (Å²) in [6.45, 7) is 3.05. The van der Waals surface area contributed by atoms with Crippen LogP contribution in [0.5, 0.6) is 0 Å². The molecule has 2 atom stereocenters. The molecule has 1 rings (SSSR count). The van der Waals surface area contributed by atoms with Gasteiger partial charge < -0.3 is 24.4 Å². The van der Waals surface area contributed by atoms with Gasteiger partial charge in [-0.1, -0.05) is 103 Å². The van der Waals surface area contributed by atoms with Gasteiger partial charge in [-0.3, -0.25) is 0 Å². The molecule has 1 fully saturated rings. The molecular formula is C29H58O5. The molecule has 0 aliphatic carbocycles. The summed E-state index contributed by atoms with van der Waals surface area (Å²) in [4.78, 5) is 0. The molecule has 0 bridgehead atoms. The van der Waals surface area contributed by atoms with E-state index in [-0.39, 0.29) is 12.4 Å². The van der Waals surface area contributed by atoms with E-state index in [0.717, 1.165) is 51.7 Å². The summed E-state index contributed by atoms with van der Waals surface area (Å²) in [7, 11) is 0. The minimum absolute atomic E-state index is 0.0255. The van der Waals surface area contributed by atoms with Crippen LogP contribution in [0, 0.1) is 0 Å². The summed E-state index contributed by atoms with van der Waals surface area (Å²) in [5.74, 6) is 0. The van der Waals surface area contributed by atoms with Crippen LogP contribution in [0.3, 0.4) is 0 Å². The normalized spacial score (nSPS) is 18.5. The van der Waals surface area contributed by atoms with Crippen LogP contribution in [0.4, 0.5) is 0 Å². The van der Waals surface area contributed by atoms with E-state index in [1.807, 2.05) is 0 Å². The molecule has 2 unspecified atom stereocenters. The van der Waals surface area contributed by atoms with Gasteiger partial charge in [0.15, 0.2) is 6.29 Å². The van der Waals surface area contributed by atoms with Gasteiger partial charge in [0.2, 0.25) is 0 Å². The smallest absolute Gasteiger partial charge is 0.157 e. The standard InChI is InChI=1S/C29H58O5/c30-23-17-13-9-5-1-3-7-11-15-19-25-32-28-21-22-29(34-27-28)33-26-20-16-12-8-4-2-6-10-14-18-24-31/h28-31H,1-27H2. The third kappa shape index (κ3) is 21.1. The van der Waals surface area contributed by atoms with Gasteiger partial charge in [-0.2, -0.15) is 0 Å². The van der Waals surface area contributed by atoms with Crippen molar-refractivity contribution in [3.8, 4) is 0 Å². The average molecular weight is 487 g/mol. The Bertz CT molecular complexity index is 349. The van der Waals surface area contributed by atoms with E-state index in [9.17, 15) is 0 Å². The Hall–Kier alpha value is -0.200. The lowest BCUT2D eigenvalue weighted by Crippen LogP contribution is -2.33. The van der Waals surface area contributed by atoms with Crippen LogP contribution in [0.25, 0.3) is 0 Å². The van der Waals surface area contributed by atoms with Gasteiger partial charge in [-0.05, 0) is 32.1 Å². The fraction of sp³-hybridized carbons (Fsp3) is 1.00. The lowest BCUT2D eigenvalue weighted by atomic mass is 10.1. The molecule has 0 aromatic rings. The fourth-order valence-electron chi connectivity index (χ4n) is 4.69. The zero-order valence-electron chi connectivity index (χ0n) is 22.4. The first-order valence-corrected chi connectivity index (χ1v) is 14.9. The van der Waals surface area contributed by atoms with Crippen molar-refractivity contribution in [2.45, 2.75) is 154 Å². The molecule has 1 aliphatic rings. The van der Waals surface area contributed by atoms with Crippen LogP contribution < -0.4 is 0 Å². The second-order valence-electron chi connectivity index (χ2n) is 10.2. The van der Waals surface area contributed by atoms with E-state index in [1.54, 1.807) is 0 Å². The van der Waals surface area contributed by atoms with E-state index >= 15 is 0 Å². The highest BCUT2D eigenvalue weighted by molar-refractivity contribution is 4.65. The maximum atomic E-state index is 8.77. The predicted octanol–water partition coefficient (Wildman–Crippen LogP) is 7.31. The number of hydrogen-bond donors (Lipinski definition) is 2. The topological polar surface area (TPSA) is 68.2 Å². The summed E-state index contributed by atoms with van der Waals surface area (Å²) < 4.78 is 17.8. The van der Waals surface area contributed by atoms with Crippen LogP contribution >= 0.6 is 0 Å². The molecule has 1 saturated heterocycles.